The zero-order chi connectivity index (χ0) is 23.4. The predicted molar refractivity (Wildman–Crippen MR) is 130 cm³/mol. The van der Waals surface area contributed by atoms with E-state index in [-0.39, 0.29) is 17.1 Å². The fourth-order valence-electron chi connectivity index (χ4n) is 3.24. The highest BCUT2D eigenvalue weighted by molar-refractivity contribution is 9.10. The van der Waals surface area contributed by atoms with Crippen molar-refractivity contribution < 1.29 is 19.2 Å². The van der Waals surface area contributed by atoms with Crippen molar-refractivity contribution in [3.05, 3.63) is 109 Å². The van der Waals surface area contributed by atoms with Gasteiger partial charge in [-0.1, -0.05) is 64.5 Å². The zero-order valence-corrected chi connectivity index (χ0v) is 19.5. The molecule has 9 heteroatoms. The lowest BCUT2D eigenvalue weighted by atomic mass is 10.1. The number of amides is 2. The summed E-state index contributed by atoms with van der Waals surface area (Å²) in [6.45, 7) is 0.179. The summed E-state index contributed by atoms with van der Waals surface area (Å²) in [5.41, 5.74) is 1.81. The highest BCUT2D eigenvalue weighted by atomic mass is 79.9. The lowest BCUT2D eigenvalue weighted by Gasteiger charge is -2.12. The van der Waals surface area contributed by atoms with Crippen molar-refractivity contribution in [3.63, 3.8) is 0 Å². The fraction of sp³-hybridized carbons (Fsp3) is 0.0833. The molecule has 33 heavy (non-hydrogen) atoms. The molecule has 0 saturated carbocycles. The van der Waals surface area contributed by atoms with Gasteiger partial charge in [-0.15, -0.1) is 0 Å². The van der Waals surface area contributed by atoms with Crippen molar-refractivity contribution >= 4 is 50.6 Å². The summed E-state index contributed by atoms with van der Waals surface area (Å²) in [6, 6.07) is 21.0. The normalized spacial score (nSPS) is 14.7. The Morgan fingerprint density at radius 2 is 1.70 bits per heavy atom. The standard InChI is InChI=1S/C24H17BrN2O5S/c25-19-11-9-16(10-12-19)15-32-21-8-4-2-5-17(21)13-22-23(28)26(24(29)33-22)14-18-6-1-3-7-20(18)27(30)31/h1-13H,14-15H2/b22-13-. The van der Waals surface area contributed by atoms with E-state index in [1.54, 1.807) is 30.3 Å². The molecule has 1 heterocycles. The van der Waals surface area contributed by atoms with Gasteiger partial charge in [0.05, 0.1) is 16.4 Å². The predicted octanol–water partition coefficient (Wildman–Crippen LogP) is 6.17. The first-order valence-corrected chi connectivity index (χ1v) is 11.5. The van der Waals surface area contributed by atoms with Gasteiger partial charge in [0, 0.05) is 21.7 Å². The second-order valence-electron chi connectivity index (χ2n) is 7.11. The number of carbonyl (C=O) groups is 2. The molecule has 0 radical (unpaired) electrons. The van der Waals surface area contributed by atoms with Gasteiger partial charge in [-0.25, -0.2) is 0 Å². The Balaban J connectivity index is 1.53. The van der Waals surface area contributed by atoms with Gasteiger partial charge in [0.2, 0.25) is 0 Å². The summed E-state index contributed by atoms with van der Waals surface area (Å²) in [5.74, 6) is 0.0804. The molecule has 0 aromatic heterocycles. The van der Waals surface area contributed by atoms with Crippen LogP contribution in [0, 0.1) is 10.1 Å². The van der Waals surface area contributed by atoms with Crippen LogP contribution in [0.3, 0.4) is 0 Å². The van der Waals surface area contributed by atoms with Gasteiger partial charge in [-0.2, -0.15) is 0 Å². The molecule has 0 bridgehead atoms. The second-order valence-corrected chi connectivity index (χ2v) is 9.02. The largest absolute Gasteiger partial charge is 0.488 e. The van der Waals surface area contributed by atoms with E-state index in [2.05, 4.69) is 15.9 Å². The van der Waals surface area contributed by atoms with Gasteiger partial charge in [-0.05, 0) is 41.6 Å². The summed E-state index contributed by atoms with van der Waals surface area (Å²) >= 11 is 4.20. The number of benzene rings is 3. The molecule has 0 spiro atoms. The van der Waals surface area contributed by atoms with Gasteiger partial charge in [0.1, 0.15) is 12.4 Å². The lowest BCUT2D eigenvalue weighted by molar-refractivity contribution is -0.385. The number of nitro benzene ring substituents is 1. The molecule has 3 aromatic rings. The van der Waals surface area contributed by atoms with E-state index in [1.165, 1.54) is 12.1 Å². The van der Waals surface area contributed by atoms with Crippen LogP contribution in [0.1, 0.15) is 16.7 Å². The number of para-hydroxylation sites is 2. The summed E-state index contributed by atoms with van der Waals surface area (Å²) in [4.78, 5) is 37.4. The number of rotatable bonds is 7. The third-order valence-electron chi connectivity index (χ3n) is 4.90. The third-order valence-corrected chi connectivity index (χ3v) is 6.34. The number of carbonyl (C=O) groups excluding carboxylic acids is 2. The number of ether oxygens (including phenoxy) is 1. The van der Waals surface area contributed by atoms with Gasteiger partial charge in [0.15, 0.2) is 0 Å². The van der Waals surface area contributed by atoms with E-state index in [0.717, 1.165) is 26.7 Å². The molecule has 0 N–H and O–H groups in total. The zero-order valence-electron chi connectivity index (χ0n) is 17.1. The number of imide groups is 1. The molecule has 1 saturated heterocycles. The van der Waals surface area contributed by atoms with E-state index in [0.29, 0.717) is 23.5 Å². The van der Waals surface area contributed by atoms with Crippen LogP contribution >= 0.6 is 27.7 Å². The minimum atomic E-state index is -0.525. The molecule has 0 aliphatic carbocycles. The average Bonchev–Trinajstić information content (AvgIpc) is 3.07. The Hall–Kier alpha value is -3.43. The van der Waals surface area contributed by atoms with E-state index in [1.807, 2.05) is 36.4 Å². The minimum Gasteiger partial charge on any atom is -0.488 e. The van der Waals surface area contributed by atoms with E-state index in [9.17, 15) is 19.7 Å². The Morgan fingerprint density at radius 3 is 2.45 bits per heavy atom. The SMILES string of the molecule is O=C1S/C(=C\c2ccccc2OCc2ccc(Br)cc2)C(=O)N1Cc1ccccc1[N+](=O)[O-]. The van der Waals surface area contributed by atoms with E-state index < -0.39 is 16.1 Å². The Morgan fingerprint density at radius 1 is 1.00 bits per heavy atom. The topological polar surface area (TPSA) is 89.8 Å². The molecule has 7 nitrogen and oxygen atoms in total. The Bertz CT molecular complexity index is 1260. The van der Waals surface area contributed by atoms with Crippen LogP contribution in [0.5, 0.6) is 5.75 Å². The van der Waals surface area contributed by atoms with Crippen LogP contribution in [-0.4, -0.2) is 21.0 Å². The van der Waals surface area contributed by atoms with Crippen LogP contribution in [0.2, 0.25) is 0 Å². The first-order valence-electron chi connectivity index (χ1n) is 9.86. The maximum atomic E-state index is 12.9. The average molecular weight is 525 g/mol. The summed E-state index contributed by atoms with van der Waals surface area (Å²) in [6.07, 6.45) is 1.61. The first-order chi connectivity index (χ1) is 15.9. The first kappa shape index (κ1) is 22.8. The number of thioether (sulfide) groups is 1. The molecule has 0 atom stereocenters. The van der Waals surface area contributed by atoms with Gasteiger partial charge in [0.25, 0.3) is 16.8 Å². The maximum Gasteiger partial charge on any atom is 0.293 e. The molecule has 2 amide bonds. The molecule has 4 rings (SSSR count). The van der Waals surface area contributed by atoms with Crippen molar-refractivity contribution in [2.24, 2.45) is 0 Å². The molecule has 1 aliphatic rings. The van der Waals surface area contributed by atoms with Crippen LogP contribution in [0.4, 0.5) is 10.5 Å². The molecular weight excluding hydrogens is 508 g/mol. The summed E-state index contributed by atoms with van der Waals surface area (Å²) in [7, 11) is 0. The molecular formula is C24H17BrN2O5S. The van der Waals surface area contributed by atoms with Crippen LogP contribution < -0.4 is 4.74 Å². The van der Waals surface area contributed by atoms with Gasteiger partial charge >= 0.3 is 0 Å². The number of nitro groups is 1. The second kappa shape index (κ2) is 10.0. The van der Waals surface area contributed by atoms with Gasteiger partial charge in [-0.3, -0.25) is 24.6 Å². The monoisotopic (exact) mass is 524 g/mol. The highest BCUT2D eigenvalue weighted by Crippen LogP contribution is 2.36. The lowest BCUT2D eigenvalue weighted by Crippen LogP contribution is -2.27. The van der Waals surface area contributed by atoms with Crippen molar-refractivity contribution in [1.29, 1.82) is 0 Å². The van der Waals surface area contributed by atoms with Crippen LogP contribution in [-0.2, 0) is 17.9 Å². The molecule has 3 aromatic carbocycles. The van der Waals surface area contributed by atoms with Crippen LogP contribution in [0.25, 0.3) is 6.08 Å². The van der Waals surface area contributed by atoms with E-state index >= 15 is 0 Å². The number of hydrogen-bond donors (Lipinski definition) is 0. The molecule has 1 aliphatic heterocycles. The number of halogens is 1. The summed E-state index contributed by atoms with van der Waals surface area (Å²) in [5, 5.41) is 10.8. The molecule has 1 fully saturated rings. The van der Waals surface area contributed by atoms with Gasteiger partial charge < -0.3 is 4.74 Å². The highest BCUT2D eigenvalue weighted by Gasteiger charge is 2.36. The van der Waals surface area contributed by atoms with E-state index in [4.69, 9.17) is 4.74 Å². The van der Waals surface area contributed by atoms with Crippen molar-refractivity contribution in [1.82, 2.24) is 4.90 Å². The smallest absolute Gasteiger partial charge is 0.293 e. The van der Waals surface area contributed by atoms with Crippen molar-refractivity contribution in [2.75, 3.05) is 0 Å². The van der Waals surface area contributed by atoms with Crippen molar-refractivity contribution in [3.8, 4) is 5.75 Å². The number of hydrogen-bond acceptors (Lipinski definition) is 6. The maximum absolute atomic E-state index is 12.9. The molecule has 0 unspecified atom stereocenters. The Labute approximate surface area is 202 Å². The third kappa shape index (κ3) is 5.32. The van der Waals surface area contributed by atoms with Crippen LogP contribution in [0.15, 0.2) is 82.2 Å². The fourth-order valence-corrected chi connectivity index (χ4v) is 4.34. The minimum absolute atomic E-state index is 0.132. The number of nitrogens with zero attached hydrogens (tertiary/aromatic N) is 2. The van der Waals surface area contributed by atoms with Crippen molar-refractivity contribution in [2.45, 2.75) is 13.2 Å². The summed E-state index contributed by atoms with van der Waals surface area (Å²) < 4.78 is 6.92. The Kier molecular flexibility index (Phi) is 6.90. The molecule has 166 valence electrons. The quantitative estimate of drug-likeness (QED) is 0.208.